The van der Waals surface area contributed by atoms with Crippen molar-refractivity contribution in [3.05, 3.63) is 47.8 Å². The summed E-state index contributed by atoms with van der Waals surface area (Å²) in [6.45, 7) is 0.538. The number of nitrogens with one attached hydrogen (secondary N) is 1. The molecular weight excluding hydrogens is 361 g/mol. The number of aromatic hydroxyl groups is 1. The minimum absolute atomic E-state index is 0.00973. The lowest BCUT2D eigenvalue weighted by Gasteiger charge is -2.33. The van der Waals surface area contributed by atoms with E-state index < -0.39 is 23.4 Å². The van der Waals surface area contributed by atoms with Crippen molar-refractivity contribution in [2.45, 2.75) is 18.8 Å². The summed E-state index contributed by atoms with van der Waals surface area (Å²) in [5.41, 5.74) is 1.25. The Morgan fingerprint density at radius 3 is 2.41 bits per heavy atom. The average Bonchev–Trinajstić information content (AvgIpc) is 2.64. The van der Waals surface area contributed by atoms with Crippen LogP contribution in [0.4, 0.5) is 24.5 Å². The van der Waals surface area contributed by atoms with Crippen LogP contribution in [0.25, 0.3) is 0 Å². The van der Waals surface area contributed by atoms with Crippen LogP contribution in [0, 0.1) is 5.82 Å². The second-order valence-electron chi connectivity index (χ2n) is 6.35. The van der Waals surface area contributed by atoms with Crippen LogP contribution in [0.2, 0.25) is 0 Å². The number of alkyl halides is 2. The lowest BCUT2D eigenvalue weighted by molar-refractivity contribution is -0.0220. The molecule has 1 amide bonds. The predicted molar refractivity (Wildman–Crippen MR) is 95.4 cm³/mol. The molecule has 0 saturated carbocycles. The van der Waals surface area contributed by atoms with E-state index in [0.29, 0.717) is 5.69 Å². The number of hydrogen-bond acceptors (Lipinski definition) is 4. The van der Waals surface area contributed by atoms with Gasteiger partial charge >= 0.3 is 0 Å². The fraction of sp³-hybridized carbons (Fsp3) is 0.316. The average molecular weight is 380 g/mol. The molecule has 8 heteroatoms. The van der Waals surface area contributed by atoms with Crippen LogP contribution in [0.1, 0.15) is 23.2 Å². The number of anilines is 2. The Labute approximate surface area is 154 Å². The quantitative estimate of drug-likeness (QED) is 0.841. The summed E-state index contributed by atoms with van der Waals surface area (Å²) in [6.07, 6.45) is -0.362. The van der Waals surface area contributed by atoms with Gasteiger partial charge in [0.2, 0.25) is 0 Å². The second kappa shape index (κ2) is 7.38. The van der Waals surface area contributed by atoms with Crippen molar-refractivity contribution < 1.29 is 27.8 Å². The Morgan fingerprint density at radius 1 is 1.19 bits per heavy atom. The molecule has 1 aliphatic rings. The van der Waals surface area contributed by atoms with Gasteiger partial charge < -0.3 is 20.1 Å². The van der Waals surface area contributed by atoms with E-state index >= 15 is 0 Å². The Balaban J connectivity index is 1.68. The summed E-state index contributed by atoms with van der Waals surface area (Å²) in [5, 5.41) is 12.1. The molecule has 0 aliphatic carbocycles. The number of methoxy groups -OCH3 is 1. The first-order chi connectivity index (χ1) is 12.8. The summed E-state index contributed by atoms with van der Waals surface area (Å²) >= 11 is 0. The summed E-state index contributed by atoms with van der Waals surface area (Å²) in [7, 11) is 1.26. The Morgan fingerprint density at radius 2 is 1.81 bits per heavy atom. The zero-order chi connectivity index (χ0) is 19.6. The standard InChI is InChI=1S/C19H19F3N2O3/c1-27-16-11-12(10-15(20)17(16)25)18(26)23-13-2-4-14(5-3-13)24-8-6-19(21,22)7-9-24/h2-5,10-11,25H,6-9H2,1H3,(H,23,26). The molecule has 144 valence electrons. The van der Waals surface area contributed by atoms with Crippen molar-refractivity contribution in [1.82, 2.24) is 0 Å². The lowest BCUT2D eigenvalue weighted by Crippen LogP contribution is -2.39. The third kappa shape index (κ3) is 4.27. The predicted octanol–water partition coefficient (Wildman–Crippen LogP) is 4.03. The SMILES string of the molecule is COc1cc(C(=O)Nc2ccc(N3CCC(F)(F)CC3)cc2)cc(F)c1O. The van der Waals surface area contributed by atoms with E-state index in [1.807, 2.05) is 4.90 Å². The zero-order valence-corrected chi connectivity index (χ0v) is 14.6. The molecule has 0 bridgehead atoms. The molecule has 27 heavy (non-hydrogen) atoms. The van der Waals surface area contributed by atoms with Crippen molar-refractivity contribution in [2.24, 2.45) is 0 Å². The van der Waals surface area contributed by atoms with E-state index in [0.717, 1.165) is 11.8 Å². The Hall–Kier alpha value is -2.90. The molecule has 0 spiro atoms. The lowest BCUT2D eigenvalue weighted by atomic mass is 10.1. The topological polar surface area (TPSA) is 61.8 Å². The number of nitrogens with zero attached hydrogens (tertiary/aromatic N) is 1. The molecule has 2 aromatic carbocycles. The van der Waals surface area contributed by atoms with Gasteiger partial charge in [-0.05, 0) is 36.4 Å². The van der Waals surface area contributed by atoms with Crippen LogP contribution in [0.15, 0.2) is 36.4 Å². The highest BCUT2D eigenvalue weighted by atomic mass is 19.3. The van der Waals surface area contributed by atoms with Crippen LogP contribution in [0.3, 0.4) is 0 Å². The van der Waals surface area contributed by atoms with Gasteiger partial charge in [-0.25, -0.2) is 13.2 Å². The molecule has 1 saturated heterocycles. The molecule has 5 nitrogen and oxygen atoms in total. The summed E-state index contributed by atoms with van der Waals surface area (Å²) in [5.74, 6) is -4.94. The van der Waals surface area contributed by atoms with Crippen LogP contribution < -0.4 is 15.0 Å². The molecule has 2 aromatic rings. The second-order valence-corrected chi connectivity index (χ2v) is 6.35. The molecule has 1 heterocycles. The maximum Gasteiger partial charge on any atom is 0.255 e. The van der Waals surface area contributed by atoms with E-state index in [9.17, 15) is 23.1 Å². The van der Waals surface area contributed by atoms with E-state index in [2.05, 4.69) is 5.32 Å². The third-order valence-electron chi connectivity index (χ3n) is 4.50. The number of amides is 1. The van der Waals surface area contributed by atoms with E-state index in [4.69, 9.17) is 4.74 Å². The first-order valence-electron chi connectivity index (χ1n) is 8.40. The van der Waals surface area contributed by atoms with Crippen molar-refractivity contribution in [3.63, 3.8) is 0 Å². The summed E-state index contributed by atoms with van der Waals surface area (Å²) < 4.78 is 45.0. The number of phenols is 1. The molecule has 3 rings (SSSR count). The highest BCUT2D eigenvalue weighted by Crippen LogP contribution is 2.32. The van der Waals surface area contributed by atoms with E-state index in [1.54, 1.807) is 24.3 Å². The number of carbonyl (C=O) groups excluding carboxylic acids is 1. The van der Waals surface area contributed by atoms with Gasteiger partial charge in [0.05, 0.1) is 7.11 Å². The van der Waals surface area contributed by atoms with Gasteiger partial charge in [0.15, 0.2) is 17.3 Å². The van der Waals surface area contributed by atoms with Gasteiger partial charge in [-0.3, -0.25) is 4.79 Å². The Kier molecular flexibility index (Phi) is 5.16. The van der Waals surface area contributed by atoms with E-state index in [-0.39, 0.29) is 37.2 Å². The number of ether oxygens (including phenoxy) is 1. The normalized spacial score (nSPS) is 16.1. The summed E-state index contributed by atoms with van der Waals surface area (Å²) in [6, 6.07) is 8.90. The molecule has 0 radical (unpaired) electrons. The fourth-order valence-electron chi connectivity index (χ4n) is 2.91. The number of piperidine rings is 1. The van der Waals surface area contributed by atoms with Gasteiger partial charge in [-0.1, -0.05) is 0 Å². The maximum absolute atomic E-state index is 13.7. The van der Waals surface area contributed by atoms with Crippen molar-refractivity contribution >= 4 is 17.3 Å². The molecule has 1 aliphatic heterocycles. The van der Waals surface area contributed by atoms with Gasteiger partial charge in [-0.15, -0.1) is 0 Å². The monoisotopic (exact) mass is 380 g/mol. The van der Waals surface area contributed by atoms with E-state index in [1.165, 1.54) is 13.2 Å². The smallest absolute Gasteiger partial charge is 0.255 e. The Bertz CT molecular complexity index is 831. The molecule has 0 aromatic heterocycles. The fourth-order valence-corrected chi connectivity index (χ4v) is 2.91. The molecular formula is C19H19F3N2O3. The number of hydrogen-bond donors (Lipinski definition) is 2. The molecule has 0 unspecified atom stereocenters. The minimum atomic E-state index is -2.61. The first kappa shape index (κ1) is 18.9. The highest BCUT2D eigenvalue weighted by Gasteiger charge is 2.33. The maximum atomic E-state index is 13.7. The van der Waals surface area contributed by atoms with Gasteiger partial charge in [0.25, 0.3) is 11.8 Å². The van der Waals surface area contributed by atoms with Crippen molar-refractivity contribution in [1.29, 1.82) is 0 Å². The third-order valence-corrected chi connectivity index (χ3v) is 4.50. The largest absolute Gasteiger partial charge is 0.502 e. The van der Waals surface area contributed by atoms with Crippen molar-refractivity contribution in [2.75, 3.05) is 30.4 Å². The number of carbonyl (C=O) groups is 1. The molecule has 1 fully saturated rings. The van der Waals surface area contributed by atoms with Gasteiger partial charge in [0, 0.05) is 42.9 Å². The van der Waals surface area contributed by atoms with Gasteiger partial charge in [-0.2, -0.15) is 0 Å². The number of phenolic OH excluding ortho intramolecular Hbond substituents is 1. The van der Waals surface area contributed by atoms with Crippen LogP contribution >= 0.6 is 0 Å². The number of benzene rings is 2. The van der Waals surface area contributed by atoms with Crippen LogP contribution in [-0.4, -0.2) is 37.1 Å². The number of halogens is 3. The highest BCUT2D eigenvalue weighted by molar-refractivity contribution is 6.04. The minimum Gasteiger partial charge on any atom is -0.502 e. The van der Waals surface area contributed by atoms with Crippen LogP contribution in [-0.2, 0) is 0 Å². The zero-order valence-electron chi connectivity index (χ0n) is 14.6. The first-order valence-corrected chi connectivity index (χ1v) is 8.40. The van der Waals surface area contributed by atoms with Gasteiger partial charge in [0.1, 0.15) is 0 Å². The van der Waals surface area contributed by atoms with Crippen LogP contribution in [0.5, 0.6) is 11.5 Å². The number of rotatable bonds is 4. The molecule has 2 N–H and O–H groups in total. The van der Waals surface area contributed by atoms with Crippen molar-refractivity contribution in [3.8, 4) is 11.5 Å². The molecule has 0 atom stereocenters. The summed E-state index contributed by atoms with van der Waals surface area (Å²) in [4.78, 5) is 14.2.